The molecule has 0 amide bonds. The molecule has 0 atom stereocenters. The molecule has 0 saturated heterocycles. The quantitative estimate of drug-likeness (QED) is 0.264. The minimum Gasteiger partial charge on any atom is -0.356 e. The molecular weight excluding hydrogens is 504 g/mol. The van der Waals surface area contributed by atoms with E-state index in [9.17, 15) is 4.39 Å². The van der Waals surface area contributed by atoms with Gasteiger partial charge in [-0.1, -0.05) is 50.2 Å². The molecule has 166 valence electrons. The van der Waals surface area contributed by atoms with Crippen LogP contribution < -0.4 is 10.6 Å². The maximum absolute atomic E-state index is 13.6. The van der Waals surface area contributed by atoms with E-state index in [1.807, 2.05) is 25.4 Å². The Morgan fingerprint density at radius 1 is 1.10 bits per heavy atom. The Kier molecular flexibility index (Phi) is 9.03. The summed E-state index contributed by atoms with van der Waals surface area (Å²) in [5, 5.41) is 6.72. The number of aliphatic imine (C=N–C) groups is 1. The Bertz CT molecular complexity index is 1010. The van der Waals surface area contributed by atoms with Crippen molar-refractivity contribution in [2.24, 2.45) is 4.99 Å². The van der Waals surface area contributed by atoms with Crippen molar-refractivity contribution in [1.82, 2.24) is 20.2 Å². The van der Waals surface area contributed by atoms with E-state index in [1.54, 1.807) is 19.2 Å². The molecule has 31 heavy (non-hydrogen) atoms. The fraction of sp³-hybridized carbons (Fsp3) is 0.333. The first-order valence-corrected chi connectivity index (χ1v) is 10.1. The van der Waals surface area contributed by atoms with Crippen molar-refractivity contribution in [2.45, 2.75) is 39.3 Å². The smallest absolute Gasteiger partial charge is 0.191 e. The highest BCUT2D eigenvalue weighted by Crippen LogP contribution is 2.22. The molecule has 2 N–H and O–H groups in total. The van der Waals surface area contributed by atoms with Crippen LogP contribution in [0.15, 0.2) is 65.9 Å². The third-order valence-corrected chi connectivity index (χ3v) is 5.26. The summed E-state index contributed by atoms with van der Waals surface area (Å²) in [5.41, 5.74) is 3.12. The lowest BCUT2D eigenvalue weighted by molar-refractivity contribution is 0.503. The van der Waals surface area contributed by atoms with Crippen LogP contribution >= 0.6 is 24.0 Å². The first-order chi connectivity index (χ1) is 14.4. The minimum atomic E-state index is -0.234. The van der Waals surface area contributed by atoms with E-state index in [0.717, 1.165) is 23.9 Å². The summed E-state index contributed by atoms with van der Waals surface area (Å²) in [6, 6.07) is 15.2. The number of guanidine groups is 1. The van der Waals surface area contributed by atoms with Gasteiger partial charge in [0.05, 0.1) is 0 Å². The van der Waals surface area contributed by atoms with Crippen molar-refractivity contribution in [3.05, 3.63) is 89.3 Å². The van der Waals surface area contributed by atoms with Crippen LogP contribution in [0.2, 0.25) is 0 Å². The number of imidazole rings is 1. The van der Waals surface area contributed by atoms with Gasteiger partial charge in [0.2, 0.25) is 0 Å². The van der Waals surface area contributed by atoms with Gasteiger partial charge >= 0.3 is 0 Å². The standard InChI is InChI=1S/C24H30FN5.HI/c1-18-27-11-12-30(18)16-20-8-5-7-19(13-20)15-28-23(26-4)29-17-24(2,3)21-9-6-10-22(25)14-21;/h5-14H,15-17H2,1-4H3,(H2,26,28,29);1H. The van der Waals surface area contributed by atoms with Crippen molar-refractivity contribution in [1.29, 1.82) is 0 Å². The van der Waals surface area contributed by atoms with Crippen molar-refractivity contribution in [3.8, 4) is 0 Å². The van der Waals surface area contributed by atoms with Crippen molar-refractivity contribution in [2.75, 3.05) is 13.6 Å². The number of hydrogen-bond donors (Lipinski definition) is 2. The summed E-state index contributed by atoms with van der Waals surface area (Å²) in [4.78, 5) is 8.60. The van der Waals surface area contributed by atoms with Crippen LogP contribution in [0, 0.1) is 12.7 Å². The molecule has 0 aliphatic rings. The van der Waals surface area contributed by atoms with E-state index in [-0.39, 0.29) is 35.2 Å². The van der Waals surface area contributed by atoms with Crippen LogP contribution in [-0.4, -0.2) is 29.1 Å². The molecule has 3 aromatic rings. The predicted molar refractivity (Wildman–Crippen MR) is 136 cm³/mol. The number of halogens is 2. The highest BCUT2D eigenvalue weighted by atomic mass is 127. The van der Waals surface area contributed by atoms with Gasteiger partial charge in [0.25, 0.3) is 0 Å². The van der Waals surface area contributed by atoms with Crippen LogP contribution in [0.25, 0.3) is 0 Å². The van der Waals surface area contributed by atoms with Gasteiger partial charge in [-0.05, 0) is 35.7 Å². The molecule has 5 nitrogen and oxygen atoms in total. The molecule has 2 aromatic carbocycles. The van der Waals surface area contributed by atoms with Crippen molar-refractivity contribution >= 4 is 29.9 Å². The van der Waals surface area contributed by atoms with E-state index >= 15 is 0 Å². The Morgan fingerprint density at radius 2 is 1.84 bits per heavy atom. The topological polar surface area (TPSA) is 54.2 Å². The number of hydrogen-bond acceptors (Lipinski definition) is 2. The van der Waals surface area contributed by atoms with E-state index in [4.69, 9.17) is 0 Å². The fourth-order valence-electron chi connectivity index (χ4n) is 3.33. The highest BCUT2D eigenvalue weighted by Gasteiger charge is 2.21. The van der Waals surface area contributed by atoms with Gasteiger partial charge in [-0.15, -0.1) is 24.0 Å². The van der Waals surface area contributed by atoms with Crippen LogP contribution in [0.3, 0.4) is 0 Å². The molecule has 0 spiro atoms. The molecule has 3 rings (SSSR count). The lowest BCUT2D eigenvalue weighted by Gasteiger charge is -2.27. The normalized spacial score (nSPS) is 11.7. The molecule has 0 fully saturated rings. The summed E-state index contributed by atoms with van der Waals surface area (Å²) < 4.78 is 15.7. The molecule has 1 aromatic heterocycles. The molecule has 0 aliphatic heterocycles. The Morgan fingerprint density at radius 3 is 2.52 bits per heavy atom. The second kappa shape index (κ2) is 11.3. The fourth-order valence-corrected chi connectivity index (χ4v) is 3.33. The Labute approximate surface area is 201 Å². The Hall–Kier alpha value is -2.42. The number of benzene rings is 2. The Balaban J connectivity index is 0.00000341. The number of nitrogens with one attached hydrogen (secondary N) is 2. The minimum absolute atomic E-state index is 0. The molecule has 7 heteroatoms. The average Bonchev–Trinajstić information content (AvgIpc) is 3.13. The summed E-state index contributed by atoms with van der Waals surface area (Å²) in [5.74, 6) is 1.51. The van der Waals surface area contributed by atoms with E-state index in [0.29, 0.717) is 13.1 Å². The summed E-state index contributed by atoms with van der Waals surface area (Å²) >= 11 is 0. The van der Waals surface area contributed by atoms with Gasteiger partial charge in [-0.3, -0.25) is 4.99 Å². The second-order valence-electron chi connectivity index (χ2n) is 8.10. The highest BCUT2D eigenvalue weighted by molar-refractivity contribution is 14.0. The molecule has 0 aliphatic carbocycles. The lowest BCUT2D eigenvalue weighted by Crippen LogP contribution is -2.43. The lowest BCUT2D eigenvalue weighted by atomic mass is 9.84. The van der Waals surface area contributed by atoms with E-state index in [2.05, 4.69) is 63.3 Å². The monoisotopic (exact) mass is 535 g/mol. The van der Waals surface area contributed by atoms with Crippen LogP contribution in [0.5, 0.6) is 0 Å². The largest absolute Gasteiger partial charge is 0.356 e. The van der Waals surface area contributed by atoms with Gasteiger partial charge < -0.3 is 15.2 Å². The van der Waals surface area contributed by atoms with Crippen LogP contribution in [0.1, 0.15) is 36.4 Å². The zero-order chi connectivity index (χ0) is 21.6. The molecule has 1 heterocycles. The summed E-state index contributed by atoms with van der Waals surface area (Å²) in [6.07, 6.45) is 3.81. The van der Waals surface area contributed by atoms with Crippen LogP contribution in [0.4, 0.5) is 4.39 Å². The van der Waals surface area contributed by atoms with Gasteiger partial charge in [0, 0.05) is 44.5 Å². The van der Waals surface area contributed by atoms with Gasteiger partial charge in [-0.25, -0.2) is 9.37 Å². The molecule has 0 bridgehead atoms. The number of rotatable bonds is 7. The molecule has 0 saturated carbocycles. The summed E-state index contributed by atoms with van der Waals surface area (Å²) in [6.45, 7) is 8.28. The second-order valence-corrected chi connectivity index (χ2v) is 8.10. The maximum atomic E-state index is 13.6. The van der Waals surface area contributed by atoms with E-state index in [1.165, 1.54) is 17.2 Å². The van der Waals surface area contributed by atoms with E-state index < -0.39 is 0 Å². The average molecular weight is 535 g/mol. The van der Waals surface area contributed by atoms with Gasteiger partial charge in [-0.2, -0.15) is 0 Å². The SMILES string of the molecule is CN=C(NCc1cccc(Cn2ccnc2C)c1)NCC(C)(C)c1cccc(F)c1.I. The first-order valence-electron chi connectivity index (χ1n) is 10.1. The third-order valence-electron chi connectivity index (χ3n) is 5.26. The molecular formula is C24H31FIN5. The molecule has 0 unspecified atom stereocenters. The van der Waals surface area contributed by atoms with Gasteiger partial charge in [0.15, 0.2) is 5.96 Å². The van der Waals surface area contributed by atoms with Gasteiger partial charge in [0.1, 0.15) is 11.6 Å². The maximum Gasteiger partial charge on any atom is 0.191 e. The third kappa shape index (κ3) is 7.05. The zero-order valence-electron chi connectivity index (χ0n) is 18.5. The molecule has 0 radical (unpaired) electrons. The van der Waals surface area contributed by atoms with Crippen LogP contribution in [-0.2, 0) is 18.5 Å². The predicted octanol–water partition coefficient (Wildman–Crippen LogP) is 4.64. The first kappa shape index (κ1) is 24.8. The zero-order valence-corrected chi connectivity index (χ0v) is 20.9. The summed E-state index contributed by atoms with van der Waals surface area (Å²) in [7, 11) is 1.75. The number of nitrogens with zero attached hydrogens (tertiary/aromatic N) is 3. The number of aryl methyl sites for hydroxylation is 1. The van der Waals surface area contributed by atoms with Crippen molar-refractivity contribution in [3.63, 3.8) is 0 Å². The van der Waals surface area contributed by atoms with Crippen molar-refractivity contribution < 1.29 is 4.39 Å². The number of aromatic nitrogens is 2.